The third-order valence-corrected chi connectivity index (χ3v) is 4.69. The van der Waals surface area contributed by atoms with Gasteiger partial charge < -0.3 is 14.3 Å². The monoisotopic (exact) mass is 370 g/mol. The first-order valence-electron chi connectivity index (χ1n) is 7.97. The number of fused-ring (bicyclic) bond motifs is 1. The number of carbonyl (C=O) groups is 2. The molecule has 1 N–H and O–H groups in total. The van der Waals surface area contributed by atoms with Gasteiger partial charge >= 0.3 is 0 Å². The molecule has 2 aromatic heterocycles. The number of aromatic nitrogens is 3. The van der Waals surface area contributed by atoms with Gasteiger partial charge in [0.1, 0.15) is 11.4 Å². The third kappa shape index (κ3) is 3.55. The molecule has 0 aliphatic rings. The largest absolute Gasteiger partial charge is 0.451 e. The lowest BCUT2D eigenvalue weighted by Gasteiger charge is -2.06. The molecule has 134 valence electrons. The fourth-order valence-corrected chi connectivity index (χ4v) is 3.32. The number of hydrogen-bond acceptors (Lipinski definition) is 6. The number of allylic oxidation sites excluding steroid dienone is 1. The van der Waals surface area contributed by atoms with Crippen LogP contribution in [-0.4, -0.2) is 32.2 Å². The highest BCUT2D eigenvalue weighted by atomic mass is 32.2. The van der Waals surface area contributed by atoms with Gasteiger partial charge in [-0.15, -0.1) is 16.8 Å². The molecule has 2 heterocycles. The molecule has 0 saturated carbocycles. The first-order valence-corrected chi connectivity index (χ1v) is 8.95. The zero-order valence-corrected chi connectivity index (χ0v) is 15.3. The molecule has 3 aromatic rings. The van der Waals surface area contributed by atoms with Crippen molar-refractivity contribution < 1.29 is 14.0 Å². The van der Waals surface area contributed by atoms with Crippen molar-refractivity contribution in [1.29, 1.82) is 0 Å². The summed E-state index contributed by atoms with van der Waals surface area (Å²) in [7, 11) is 0. The van der Waals surface area contributed by atoms with Gasteiger partial charge in [0.25, 0.3) is 0 Å². The summed E-state index contributed by atoms with van der Waals surface area (Å²) in [6.07, 6.45) is 1.75. The van der Waals surface area contributed by atoms with Crippen molar-refractivity contribution >= 4 is 40.1 Å². The van der Waals surface area contributed by atoms with Gasteiger partial charge in [-0.2, -0.15) is 0 Å². The van der Waals surface area contributed by atoms with Gasteiger partial charge in [-0.3, -0.25) is 9.59 Å². The van der Waals surface area contributed by atoms with Crippen LogP contribution in [0.3, 0.4) is 0 Å². The highest BCUT2D eigenvalue weighted by molar-refractivity contribution is 7.99. The molecule has 0 saturated heterocycles. The number of nitrogens with one attached hydrogen (secondary N) is 1. The quantitative estimate of drug-likeness (QED) is 0.389. The maximum atomic E-state index is 12.4. The van der Waals surface area contributed by atoms with Gasteiger partial charge in [-0.25, -0.2) is 0 Å². The molecule has 3 rings (SSSR count). The summed E-state index contributed by atoms with van der Waals surface area (Å²) in [5.74, 6) is 0.537. The predicted molar refractivity (Wildman–Crippen MR) is 101 cm³/mol. The molecule has 1 amide bonds. The number of benzene rings is 1. The zero-order chi connectivity index (χ0) is 18.7. The summed E-state index contributed by atoms with van der Waals surface area (Å²) in [4.78, 5) is 24.3. The summed E-state index contributed by atoms with van der Waals surface area (Å²) >= 11 is 1.27. The number of nitrogens with zero attached hydrogens (tertiary/aromatic N) is 3. The minimum atomic E-state index is -0.255. The van der Waals surface area contributed by atoms with Crippen molar-refractivity contribution in [1.82, 2.24) is 14.8 Å². The van der Waals surface area contributed by atoms with Crippen LogP contribution < -0.4 is 5.32 Å². The van der Waals surface area contributed by atoms with Crippen LogP contribution in [0.25, 0.3) is 11.0 Å². The summed E-state index contributed by atoms with van der Waals surface area (Å²) in [5, 5.41) is 12.2. The van der Waals surface area contributed by atoms with E-state index >= 15 is 0 Å². The molecule has 0 spiro atoms. The minimum Gasteiger partial charge on any atom is -0.451 e. The number of aryl methyl sites for hydroxylation is 1. The Morgan fingerprint density at radius 3 is 2.85 bits per heavy atom. The molecular weight excluding hydrogens is 352 g/mol. The van der Waals surface area contributed by atoms with E-state index in [9.17, 15) is 9.59 Å². The lowest BCUT2D eigenvalue weighted by molar-refractivity contribution is -0.113. The molecule has 8 heteroatoms. The maximum absolute atomic E-state index is 12.4. The lowest BCUT2D eigenvalue weighted by atomic mass is 10.2. The Kier molecular flexibility index (Phi) is 5.22. The van der Waals surface area contributed by atoms with Crippen molar-refractivity contribution in [3.8, 4) is 0 Å². The van der Waals surface area contributed by atoms with Crippen LogP contribution in [0.15, 0.2) is 46.5 Å². The predicted octanol–water partition coefficient (Wildman–Crippen LogP) is 3.45. The lowest BCUT2D eigenvalue weighted by Crippen LogP contribution is -2.16. The van der Waals surface area contributed by atoms with Gasteiger partial charge in [0, 0.05) is 18.9 Å². The number of thioether (sulfide) groups is 1. The molecule has 0 fully saturated rings. The van der Waals surface area contributed by atoms with Crippen molar-refractivity contribution in [2.45, 2.75) is 25.5 Å². The Morgan fingerprint density at radius 2 is 2.12 bits per heavy atom. The molecule has 0 atom stereocenters. The second kappa shape index (κ2) is 7.57. The van der Waals surface area contributed by atoms with Gasteiger partial charge in [0.05, 0.1) is 11.4 Å². The molecule has 0 unspecified atom stereocenters. The summed E-state index contributed by atoms with van der Waals surface area (Å²) in [6, 6.07) is 7.20. The standard InChI is InChI=1S/C18H18N4O3S/c1-4-9-22-12(3)20-21-18(22)26-10-15(24)19-16-13-7-5-6-8-14(13)25-17(16)11(2)23/h4-8H,1,9-10H2,2-3H3,(H,19,24). The van der Waals surface area contributed by atoms with E-state index in [1.807, 2.05) is 23.6 Å². The van der Waals surface area contributed by atoms with E-state index in [2.05, 4.69) is 22.1 Å². The van der Waals surface area contributed by atoms with E-state index in [0.717, 1.165) is 5.82 Å². The number of furan rings is 1. The SMILES string of the molecule is C=CCn1c(C)nnc1SCC(=O)Nc1c(C(C)=O)oc2ccccc12. The smallest absolute Gasteiger partial charge is 0.234 e. The first-order chi connectivity index (χ1) is 12.5. The van der Waals surface area contributed by atoms with Gasteiger partial charge in [0.15, 0.2) is 16.7 Å². The number of carbonyl (C=O) groups excluding carboxylic acids is 2. The second-order valence-corrected chi connectivity index (χ2v) is 6.57. The molecule has 0 radical (unpaired) electrons. The van der Waals surface area contributed by atoms with Crippen LogP contribution >= 0.6 is 11.8 Å². The number of rotatable bonds is 7. The Hall–Kier alpha value is -2.87. The Labute approximate surface area is 154 Å². The number of para-hydroxylation sites is 1. The molecule has 1 aromatic carbocycles. The fourth-order valence-electron chi connectivity index (χ4n) is 2.53. The minimum absolute atomic E-state index is 0.131. The van der Waals surface area contributed by atoms with Crippen molar-refractivity contribution in [2.24, 2.45) is 0 Å². The van der Waals surface area contributed by atoms with E-state index in [0.29, 0.717) is 28.4 Å². The van der Waals surface area contributed by atoms with Crippen LogP contribution in [-0.2, 0) is 11.3 Å². The van der Waals surface area contributed by atoms with Crippen LogP contribution in [0.4, 0.5) is 5.69 Å². The summed E-state index contributed by atoms with van der Waals surface area (Å²) in [5.41, 5.74) is 0.962. The number of Topliss-reactive ketones (excluding diaryl/α,β-unsaturated/α-hetero) is 1. The molecule has 26 heavy (non-hydrogen) atoms. The molecule has 7 nitrogen and oxygen atoms in total. The van der Waals surface area contributed by atoms with Crippen LogP contribution in [0.2, 0.25) is 0 Å². The van der Waals surface area contributed by atoms with E-state index in [-0.39, 0.29) is 23.2 Å². The van der Waals surface area contributed by atoms with Gasteiger partial charge in [0.2, 0.25) is 5.91 Å². The first kappa shape index (κ1) is 17.9. The number of ketones is 1. The highest BCUT2D eigenvalue weighted by Crippen LogP contribution is 2.31. The van der Waals surface area contributed by atoms with Crippen LogP contribution in [0.5, 0.6) is 0 Å². The van der Waals surface area contributed by atoms with Crippen LogP contribution in [0, 0.1) is 6.92 Å². The van der Waals surface area contributed by atoms with E-state index in [1.54, 1.807) is 18.2 Å². The van der Waals surface area contributed by atoms with Crippen molar-refractivity contribution in [2.75, 3.05) is 11.1 Å². The average Bonchev–Trinajstić information content (AvgIpc) is 3.15. The summed E-state index contributed by atoms with van der Waals surface area (Å²) in [6.45, 7) is 7.53. The number of amides is 1. The second-order valence-electron chi connectivity index (χ2n) is 5.62. The fraction of sp³-hybridized carbons (Fsp3) is 0.222. The molecule has 0 aliphatic heterocycles. The Balaban J connectivity index is 1.77. The topological polar surface area (TPSA) is 90.0 Å². The van der Waals surface area contributed by atoms with Gasteiger partial charge in [-0.1, -0.05) is 30.0 Å². The normalized spacial score (nSPS) is 10.8. The Bertz CT molecular complexity index is 990. The van der Waals surface area contributed by atoms with E-state index in [4.69, 9.17) is 4.42 Å². The van der Waals surface area contributed by atoms with Gasteiger partial charge in [-0.05, 0) is 19.1 Å². The summed E-state index contributed by atoms with van der Waals surface area (Å²) < 4.78 is 7.44. The number of hydrogen-bond donors (Lipinski definition) is 1. The van der Waals surface area contributed by atoms with E-state index in [1.165, 1.54) is 18.7 Å². The van der Waals surface area contributed by atoms with Crippen LogP contribution in [0.1, 0.15) is 23.3 Å². The third-order valence-electron chi connectivity index (χ3n) is 3.73. The maximum Gasteiger partial charge on any atom is 0.234 e. The zero-order valence-electron chi connectivity index (χ0n) is 14.5. The Morgan fingerprint density at radius 1 is 1.35 bits per heavy atom. The molecule has 0 bridgehead atoms. The van der Waals surface area contributed by atoms with E-state index < -0.39 is 0 Å². The highest BCUT2D eigenvalue weighted by Gasteiger charge is 2.20. The molecule has 0 aliphatic carbocycles. The average molecular weight is 370 g/mol. The molecular formula is C18H18N4O3S. The van der Waals surface area contributed by atoms with Crippen molar-refractivity contribution in [3.05, 3.63) is 48.5 Å². The van der Waals surface area contributed by atoms with Crippen molar-refractivity contribution in [3.63, 3.8) is 0 Å². The number of anilines is 1.